The largest absolute Gasteiger partial charge is 0.0610 e. The van der Waals surface area contributed by atoms with E-state index in [-0.39, 0.29) is 0 Å². The SMILES string of the molecule is [c]1cc2cccc3c4cc[c]c5cccc(c(c1)c23)c54. The molecule has 0 saturated heterocycles. The summed E-state index contributed by atoms with van der Waals surface area (Å²) in [6, 6.07) is 28.0. The number of fused-ring (bicyclic) bond motifs is 2. The molecule has 0 fully saturated rings. The summed E-state index contributed by atoms with van der Waals surface area (Å²) < 4.78 is 0. The van der Waals surface area contributed by atoms with Gasteiger partial charge in [0, 0.05) is 0 Å². The highest BCUT2D eigenvalue weighted by atomic mass is 14.1. The number of hydrogen-bond acceptors (Lipinski definition) is 0. The van der Waals surface area contributed by atoms with Crippen molar-refractivity contribution in [3.63, 3.8) is 0 Å². The van der Waals surface area contributed by atoms with Crippen molar-refractivity contribution in [2.45, 2.75) is 0 Å². The van der Waals surface area contributed by atoms with Crippen LogP contribution in [-0.4, -0.2) is 0 Å². The van der Waals surface area contributed by atoms with Gasteiger partial charge in [-0.3, -0.25) is 0 Å². The summed E-state index contributed by atoms with van der Waals surface area (Å²) >= 11 is 0. The van der Waals surface area contributed by atoms with E-state index in [1.807, 2.05) is 6.07 Å². The van der Waals surface area contributed by atoms with E-state index in [1.165, 1.54) is 43.1 Å². The molecule has 0 aromatic heterocycles. The lowest BCUT2D eigenvalue weighted by atomic mass is 9.90. The molecule has 90 valence electrons. The minimum Gasteiger partial charge on any atom is -0.0610 e. The van der Waals surface area contributed by atoms with Gasteiger partial charge in [-0.2, -0.15) is 0 Å². The Labute approximate surface area is 116 Å². The van der Waals surface area contributed by atoms with Crippen LogP contribution < -0.4 is 0 Å². The van der Waals surface area contributed by atoms with Crippen molar-refractivity contribution in [2.75, 3.05) is 0 Å². The van der Waals surface area contributed by atoms with Crippen LogP contribution in [0.4, 0.5) is 0 Å². The molecule has 0 saturated carbocycles. The van der Waals surface area contributed by atoms with E-state index < -0.39 is 0 Å². The van der Waals surface area contributed by atoms with E-state index in [9.17, 15) is 0 Å². The molecule has 5 aromatic carbocycles. The van der Waals surface area contributed by atoms with Gasteiger partial charge in [-0.25, -0.2) is 0 Å². The van der Waals surface area contributed by atoms with Gasteiger partial charge in [0.2, 0.25) is 0 Å². The molecule has 5 aromatic rings. The smallest absolute Gasteiger partial charge is 0.00201 e. The van der Waals surface area contributed by atoms with Crippen LogP contribution in [0.2, 0.25) is 0 Å². The predicted molar refractivity (Wildman–Crippen MR) is 85.3 cm³/mol. The molecule has 0 heterocycles. The van der Waals surface area contributed by atoms with Crippen LogP contribution in [0.15, 0.2) is 60.7 Å². The van der Waals surface area contributed by atoms with Gasteiger partial charge in [-0.05, 0) is 67.4 Å². The summed E-state index contributed by atoms with van der Waals surface area (Å²) in [5.74, 6) is 0. The summed E-state index contributed by atoms with van der Waals surface area (Å²) in [7, 11) is 0. The van der Waals surface area contributed by atoms with Gasteiger partial charge in [0.1, 0.15) is 0 Å². The first kappa shape index (κ1) is 10.2. The zero-order valence-electron chi connectivity index (χ0n) is 10.8. The average Bonchev–Trinajstić information content (AvgIpc) is 2.52. The lowest BCUT2D eigenvalue weighted by molar-refractivity contribution is 1.77. The predicted octanol–water partition coefficient (Wildman–Crippen LogP) is 5.34. The highest BCUT2D eigenvalue weighted by Crippen LogP contribution is 2.39. The Kier molecular flexibility index (Phi) is 1.78. The molecule has 0 atom stereocenters. The van der Waals surface area contributed by atoms with E-state index in [4.69, 9.17) is 0 Å². The first-order valence-electron chi connectivity index (χ1n) is 6.80. The monoisotopic (exact) mass is 250 g/mol. The molecule has 0 N–H and O–H groups in total. The second kappa shape index (κ2) is 3.49. The molecule has 2 radical (unpaired) electrons. The zero-order chi connectivity index (χ0) is 13.1. The van der Waals surface area contributed by atoms with Crippen molar-refractivity contribution >= 4 is 43.1 Å². The molecule has 0 amide bonds. The van der Waals surface area contributed by atoms with Crippen LogP contribution in [0.1, 0.15) is 0 Å². The Hall–Kier alpha value is -2.60. The lowest BCUT2D eigenvalue weighted by Gasteiger charge is -2.13. The molecule has 0 nitrogen and oxygen atoms in total. The molecule has 20 heavy (non-hydrogen) atoms. The Morgan fingerprint density at radius 2 is 1.45 bits per heavy atom. The maximum absolute atomic E-state index is 3.35. The first-order valence-corrected chi connectivity index (χ1v) is 6.80. The molecule has 0 heteroatoms. The summed E-state index contributed by atoms with van der Waals surface area (Å²) in [4.78, 5) is 0. The molecule has 0 aliphatic carbocycles. The third-order valence-electron chi connectivity index (χ3n) is 4.24. The minimum absolute atomic E-state index is 1.19. The third-order valence-corrected chi connectivity index (χ3v) is 4.24. The Balaban J connectivity index is 2.32. The Morgan fingerprint density at radius 1 is 0.650 bits per heavy atom. The second-order valence-corrected chi connectivity index (χ2v) is 5.26. The fourth-order valence-corrected chi connectivity index (χ4v) is 3.42. The van der Waals surface area contributed by atoms with Gasteiger partial charge in [0.05, 0.1) is 0 Å². The maximum atomic E-state index is 3.35. The molecule has 0 bridgehead atoms. The van der Waals surface area contributed by atoms with E-state index in [0.717, 1.165) is 0 Å². The minimum atomic E-state index is 1.19. The van der Waals surface area contributed by atoms with Crippen molar-refractivity contribution < 1.29 is 0 Å². The van der Waals surface area contributed by atoms with Gasteiger partial charge < -0.3 is 0 Å². The molecular weight excluding hydrogens is 240 g/mol. The number of hydrogen-bond donors (Lipinski definition) is 0. The number of benzene rings is 5. The highest BCUT2D eigenvalue weighted by Gasteiger charge is 2.11. The van der Waals surface area contributed by atoms with E-state index in [1.54, 1.807) is 0 Å². The van der Waals surface area contributed by atoms with Crippen LogP contribution in [0, 0.1) is 12.1 Å². The van der Waals surface area contributed by atoms with E-state index >= 15 is 0 Å². The summed E-state index contributed by atoms with van der Waals surface area (Å²) in [6.45, 7) is 0. The molecule has 0 aliphatic rings. The van der Waals surface area contributed by atoms with Gasteiger partial charge in [0.25, 0.3) is 0 Å². The summed E-state index contributed by atoms with van der Waals surface area (Å²) in [5, 5.41) is 10.3. The summed E-state index contributed by atoms with van der Waals surface area (Å²) in [5.41, 5.74) is 0. The van der Waals surface area contributed by atoms with Gasteiger partial charge in [-0.15, -0.1) is 0 Å². The van der Waals surface area contributed by atoms with Crippen molar-refractivity contribution in [1.29, 1.82) is 0 Å². The first-order chi connectivity index (χ1) is 9.93. The van der Waals surface area contributed by atoms with Crippen molar-refractivity contribution in [1.82, 2.24) is 0 Å². The van der Waals surface area contributed by atoms with Gasteiger partial charge in [0.15, 0.2) is 0 Å². The molecule has 0 unspecified atom stereocenters. The quantitative estimate of drug-likeness (QED) is 0.257. The molecule has 0 aliphatic heterocycles. The van der Waals surface area contributed by atoms with Crippen molar-refractivity contribution in [2.24, 2.45) is 0 Å². The van der Waals surface area contributed by atoms with E-state index in [2.05, 4.69) is 66.7 Å². The maximum Gasteiger partial charge on any atom is -0.00201 e. The topological polar surface area (TPSA) is 0 Å². The highest BCUT2D eigenvalue weighted by molar-refractivity contribution is 6.32. The van der Waals surface area contributed by atoms with Gasteiger partial charge >= 0.3 is 0 Å². The fraction of sp³-hybridized carbons (Fsp3) is 0. The van der Waals surface area contributed by atoms with Crippen LogP contribution in [-0.2, 0) is 0 Å². The van der Waals surface area contributed by atoms with Crippen LogP contribution >= 0.6 is 0 Å². The normalized spacial score (nSPS) is 12.0. The Bertz CT molecular complexity index is 917. The molecule has 0 spiro atoms. The summed E-state index contributed by atoms with van der Waals surface area (Å²) in [6.07, 6.45) is 0. The van der Waals surface area contributed by atoms with Crippen LogP contribution in [0.25, 0.3) is 43.1 Å². The fourth-order valence-electron chi connectivity index (χ4n) is 3.42. The number of rotatable bonds is 0. The van der Waals surface area contributed by atoms with Crippen molar-refractivity contribution in [3.05, 3.63) is 72.8 Å². The zero-order valence-corrected chi connectivity index (χ0v) is 10.8. The third kappa shape index (κ3) is 1.12. The average molecular weight is 250 g/mol. The lowest BCUT2D eigenvalue weighted by Crippen LogP contribution is -1.86. The van der Waals surface area contributed by atoms with Gasteiger partial charge in [-0.1, -0.05) is 48.5 Å². The Morgan fingerprint density at radius 3 is 2.40 bits per heavy atom. The molecular formula is C20H10. The van der Waals surface area contributed by atoms with Crippen LogP contribution in [0.3, 0.4) is 0 Å². The molecule has 5 rings (SSSR count). The van der Waals surface area contributed by atoms with Crippen molar-refractivity contribution in [3.8, 4) is 0 Å². The van der Waals surface area contributed by atoms with E-state index in [0.29, 0.717) is 0 Å². The second-order valence-electron chi connectivity index (χ2n) is 5.26. The standard InChI is InChI=1S/C20H10/c1-5-13-6-2-11-17-18-12-4-8-14-7-3-10-16(20(14)18)15(9-1)19(13)17/h1-3,6-12H. The van der Waals surface area contributed by atoms with Crippen LogP contribution in [0.5, 0.6) is 0 Å².